The summed E-state index contributed by atoms with van der Waals surface area (Å²) in [6.45, 7) is 11.0. The maximum atomic E-state index is 11.0. The molecule has 188 valence electrons. The number of ether oxygens (including phenoxy) is 2. The monoisotopic (exact) mass is 466 g/mol. The fourth-order valence-corrected chi connectivity index (χ4v) is 4.67. The lowest BCUT2D eigenvalue weighted by Gasteiger charge is -2.39. The first-order valence-electron chi connectivity index (χ1n) is 12.5. The Morgan fingerprint density at radius 2 is 1.23 bits per heavy atom. The van der Waals surface area contributed by atoms with Crippen molar-refractivity contribution in [2.24, 2.45) is 5.41 Å². The van der Waals surface area contributed by atoms with Gasteiger partial charge in [-0.25, -0.2) is 0 Å². The van der Waals surface area contributed by atoms with Gasteiger partial charge in [0.15, 0.2) is 0 Å². The summed E-state index contributed by atoms with van der Waals surface area (Å²) < 4.78 is 43.9. The lowest BCUT2D eigenvalue weighted by atomic mass is 9.91. The van der Waals surface area contributed by atoms with Gasteiger partial charge in [-0.1, -0.05) is 65.2 Å². The quantitative estimate of drug-likeness (QED) is 0.133. The second kappa shape index (κ2) is 17.3. The minimum Gasteiger partial charge on any atom is -0.381 e. The molecule has 0 bridgehead atoms. The number of quaternary nitrogens is 1. The van der Waals surface area contributed by atoms with Gasteiger partial charge in [-0.3, -0.25) is 4.55 Å². The molecule has 0 atom stereocenters. The predicted octanol–water partition coefficient (Wildman–Crippen LogP) is 5.32. The molecular formula is C24H52NO5S+. The van der Waals surface area contributed by atoms with Crippen LogP contribution in [0.25, 0.3) is 0 Å². The molecule has 0 aromatic rings. The highest BCUT2D eigenvalue weighted by Gasteiger charge is 2.34. The first-order chi connectivity index (χ1) is 14.5. The van der Waals surface area contributed by atoms with Gasteiger partial charge in [-0.05, 0) is 19.8 Å². The van der Waals surface area contributed by atoms with Gasteiger partial charge in [0, 0.05) is 19.6 Å². The highest BCUT2D eigenvalue weighted by atomic mass is 32.2. The van der Waals surface area contributed by atoms with Crippen molar-refractivity contribution in [3.05, 3.63) is 0 Å². The van der Waals surface area contributed by atoms with Gasteiger partial charge >= 0.3 is 0 Å². The van der Waals surface area contributed by atoms with Gasteiger partial charge in [0.2, 0.25) is 0 Å². The molecule has 0 radical (unpaired) electrons. The lowest BCUT2D eigenvalue weighted by molar-refractivity contribution is -0.897. The number of unbranched alkanes of at least 4 members (excludes halogenated alkanes) is 8. The summed E-state index contributed by atoms with van der Waals surface area (Å²) in [5.41, 5.74) is -0.131. The van der Waals surface area contributed by atoms with Crippen molar-refractivity contribution in [1.82, 2.24) is 0 Å². The van der Waals surface area contributed by atoms with E-state index in [0.29, 0.717) is 30.7 Å². The summed E-state index contributed by atoms with van der Waals surface area (Å²) >= 11 is 0. The third-order valence-corrected chi connectivity index (χ3v) is 6.47. The Kier molecular flexibility index (Phi) is 17.2. The largest absolute Gasteiger partial charge is 0.381 e. The van der Waals surface area contributed by atoms with E-state index in [4.69, 9.17) is 14.0 Å². The lowest BCUT2D eigenvalue weighted by Crippen LogP contribution is -2.51. The molecule has 0 aliphatic heterocycles. The highest BCUT2D eigenvalue weighted by molar-refractivity contribution is 7.85. The van der Waals surface area contributed by atoms with Crippen LogP contribution in [0, 0.1) is 5.41 Å². The Morgan fingerprint density at radius 3 is 1.65 bits per heavy atom. The minimum atomic E-state index is -3.90. The Morgan fingerprint density at radius 1 is 0.774 bits per heavy atom. The molecule has 0 aliphatic carbocycles. The van der Waals surface area contributed by atoms with Crippen molar-refractivity contribution >= 4 is 10.1 Å². The van der Waals surface area contributed by atoms with Crippen LogP contribution in [0.2, 0.25) is 0 Å². The van der Waals surface area contributed by atoms with E-state index in [1.54, 1.807) is 0 Å². The van der Waals surface area contributed by atoms with Gasteiger partial charge in [-0.2, -0.15) is 8.42 Å². The van der Waals surface area contributed by atoms with Gasteiger partial charge in [0.05, 0.1) is 51.6 Å². The van der Waals surface area contributed by atoms with E-state index in [1.165, 1.54) is 51.4 Å². The molecule has 0 amide bonds. The third-order valence-electron chi connectivity index (χ3n) is 5.66. The van der Waals surface area contributed by atoms with Crippen LogP contribution in [0.3, 0.4) is 0 Å². The molecule has 1 N–H and O–H groups in total. The van der Waals surface area contributed by atoms with Gasteiger partial charge < -0.3 is 14.0 Å². The number of rotatable bonds is 22. The molecule has 0 aromatic carbocycles. The smallest absolute Gasteiger partial charge is 0.265 e. The van der Waals surface area contributed by atoms with E-state index in [0.717, 1.165) is 32.6 Å². The van der Waals surface area contributed by atoms with Gasteiger partial charge in [0.25, 0.3) is 10.1 Å². The summed E-state index contributed by atoms with van der Waals surface area (Å²) in [5, 5.41) is 0. The normalized spacial score (nSPS) is 13.1. The van der Waals surface area contributed by atoms with Crippen molar-refractivity contribution in [1.29, 1.82) is 0 Å². The van der Waals surface area contributed by atoms with Crippen molar-refractivity contribution in [2.75, 3.05) is 59.4 Å². The second-order valence-electron chi connectivity index (χ2n) is 10.2. The summed E-state index contributed by atoms with van der Waals surface area (Å²) in [4.78, 5) is 0. The third kappa shape index (κ3) is 20.1. The van der Waals surface area contributed by atoms with Crippen LogP contribution in [-0.4, -0.2) is 76.8 Å². The minimum absolute atomic E-state index is 0.131. The van der Waals surface area contributed by atoms with Gasteiger partial charge in [-0.15, -0.1) is 0 Å². The Bertz CT molecular complexity index is 504. The fraction of sp³-hybridized carbons (Fsp3) is 1.00. The molecule has 0 unspecified atom stereocenters. The zero-order valence-electron chi connectivity index (χ0n) is 21.2. The SMILES string of the molecule is CCCCCCCOCC(C)(COCCCCCCC)C[N+](C)(C)CCCS(=O)(=O)O. The van der Waals surface area contributed by atoms with Crippen molar-refractivity contribution in [3.63, 3.8) is 0 Å². The van der Waals surface area contributed by atoms with E-state index in [1.807, 2.05) is 0 Å². The molecule has 0 spiro atoms. The van der Waals surface area contributed by atoms with Crippen molar-refractivity contribution < 1.29 is 26.9 Å². The number of nitrogens with zero attached hydrogens (tertiary/aromatic N) is 1. The Hall–Kier alpha value is -0.210. The van der Waals surface area contributed by atoms with Crippen molar-refractivity contribution in [2.45, 2.75) is 91.4 Å². The average Bonchev–Trinajstić information content (AvgIpc) is 2.65. The molecule has 6 nitrogen and oxygen atoms in total. The van der Waals surface area contributed by atoms with Crippen LogP contribution >= 0.6 is 0 Å². The van der Waals surface area contributed by atoms with Crippen LogP contribution in [0.5, 0.6) is 0 Å². The molecule has 0 rings (SSSR count). The molecule has 0 aliphatic rings. The number of hydrogen-bond donors (Lipinski definition) is 1. The molecule has 7 heteroatoms. The maximum absolute atomic E-state index is 11.0. The van der Waals surface area contributed by atoms with E-state index >= 15 is 0 Å². The zero-order valence-corrected chi connectivity index (χ0v) is 22.0. The summed E-state index contributed by atoms with van der Waals surface area (Å²) in [6.07, 6.45) is 12.7. The van der Waals surface area contributed by atoms with Crippen LogP contribution < -0.4 is 0 Å². The highest BCUT2D eigenvalue weighted by Crippen LogP contribution is 2.23. The van der Waals surface area contributed by atoms with Crippen LogP contribution in [0.1, 0.15) is 91.4 Å². The van der Waals surface area contributed by atoms with E-state index < -0.39 is 10.1 Å². The standard InChI is InChI=1S/C24H51NO5S/c1-6-8-10-12-14-18-29-22-24(3,23-30-19-15-13-11-9-7-2)21-25(4,5)17-16-20-31(26,27)28/h6-23H2,1-5H3/p+1. The molecule has 0 aromatic heterocycles. The van der Waals surface area contributed by atoms with Crippen molar-refractivity contribution in [3.8, 4) is 0 Å². The van der Waals surface area contributed by atoms with E-state index in [9.17, 15) is 8.42 Å². The topological polar surface area (TPSA) is 72.8 Å². The van der Waals surface area contributed by atoms with Crippen LogP contribution in [0.15, 0.2) is 0 Å². The van der Waals surface area contributed by atoms with Crippen LogP contribution in [-0.2, 0) is 19.6 Å². The molecule has 0 heterocycles. The second-order valence-corrected chi connectivity index (χ2v) is 11.8. The molecule has 0 fully saturated rings. The first-order valence-corrected chi connectivity index (χ1v) is 14.1. The predicted molar refractivity (Wildman–Crippen MR) is 130 cm³/mol. The van der Waals surface area contributed by atoms with E-state index in [-0.39, 0.29) is 11.2 Å². The summed E-state index contributed by atoms with van der Waals surface area (Å²) in [7, 11) is 0.313. The summed E-state index contributed by atoms with van der Waals surface area (Å²) in [5.74, 6) is -0.187. The van der Waals surface area contributed by atoms with Gasteiger partial charge in [0.1, 0.15) is 0 Å². The Labute approximate surface area is 193 Å². The fourth-order valence-electron chi connectivity index (χ4n) is 4.17. The Balaban J connectivity index is 4.57. The van der Waals surface area contributed by atoms with Crippen LogP contribution in [0.4, 0.5) is 0 Å². The summed E-state index contributed by atoms with van der Waals surface area (Å²) in [6, 6.07) is 0. The zero-order chi connectivity index (χ0) is 23.6. The first kappa shape index (κ1) is 30.8. The molecular weight excluding hydrogens is 414 g/mol. The molecule has 31 heavy (non-hydrogen) atoms. The molecule has 0 saturated carbocycles. The molecule has 0 saturated heterocycles. The average molecular weight is 467 g/mol. The van der Waals surface area contributed by atoms with E-state index in [2.05, 4.69) is 34.9 Å². The maximum Gasteiger partial charge on any atom is 0.265 e. The number of hydrogen-bond acceptors (Lipinski definition) is 4.